The van der Waals surface area contributed by atoms with Gasteiger partial charge in [0.05, 0.1) is 4.90 Å². The van der Waals surface area contributed by atoms with E-state index in [4.69, 9.17) is 5.11 Å². The smallest absolute Gasteiger partial charge is 0.240 e. The number of unbranched alkanes of at least 4 members (excludes halogenated alkanes) is 1. The molecular formula is C14H23NO3S. The fourth-order valence-electron chi connectivity index (χ4n) is 1.80. The maximum atomic E-state index is 12.0. The van der Waals surface area contributed by atoms with E-state index in [1.807, 2.05) is 12.1 Å². The highest BCUT2D eigenvalue weighted by Gasteiger charge is 2.12. The summed E-state index contributed by atoms with van der Waals surface area (Å²) in [6.45, 7) is 4.71. The Labute approximate surface area is 115 Å². The van der Waals surface area contributed by atoms with Crippen LogP contribution < -0.4 is 4.72 Å². The van der Waals surface area contributed by atoms with E-state index in [0.717, 1.165) is 12.0 Å². The second kappa shape index (κ2) is 7.62. The SMILES string of the molecule is CC(C)Cc1ccc(S(=O)(=O)NCCCCO)cc1. The third-order valence-corrected chi connectivity index (χ3v) is 4.23. The molecule has 4 nitrogen and oxygen atoms in total. The van der Waals surface area contributed by atoms with Gasteiger partial charge in [-0.15, -0.1) is 0 Å². The Morgan fingerprint density at radius 2 is 1.79 bits per heavy atom. The van der Waals surface area contributed by atoms with Gasteiger partial charge in [-0.25, -0.2) is 13.1 Å². The van der Waals surface area contributed by atoms with Crippen molar-refractivity contribution in [2.24, 2.45) is 5.92 Å². The summed E-state index contributed by atoms with van der Waals surface area (Å²) >= 11 is 0. The van der Waals surface area contributed by atoms with Gasteiger partial charge in [-0.2, -0.15) is 0 Å². The van der Waals surface area contributed by atoms with Crippen molar-refractivity contribution in [3.8, 4) is 0 Å². The van der Waals surface area contributed by atoms with Gasteiger partial charge in [0.25, 0.3) is 0 Å². The first kappa shape index (κ1) is 16.1. The molecule has 0 aromatic heterocycles. The fraction of sp³-hybridized carbons (Fsp3) is 0.571. The van der Waals surface area contributed by atoms with E-state index in [0.29, 0.717) is 30.2 Å². The molecule has 0 radical (unpaired) electrons. The predicted molar refractivity (Wildman–Crippen MR) is 76.5 cm³/mol. The van der Waals surface area contributed by atoms with Gasteiger partial charge in [-0.1, -0.05) is 26.0 Å². The van der Waals surface area contributed by atoms with Gasteiger partial charge in [0.2, 0.25) is 10.0 Å². The molecule has 19 heavy (non-hydrogen) atoms. The van der Waals surface area contributed by atoms with Crippen LogP contribution >= 0.6 is 0 Å². The van der Waals surface area contributed by atoms with E-state index >= 15 is 0 Å². The van der Waals surface area contributed by atoms with Crippen molar-refractivity contribution in [2.75, 3.05) is 13.2 Å². The molecule has 0 fully saturated rings. The van der Waals surface area contributed by atoms with Gasteiger partial charge in [-0.3, -0.25) is 0 Å². The molecule has 0 saturated heterocycles. The summed E-state index contributed by atoms with van der Waals surface area (Å²) in [5, 5.41) is 8.64. The van der Waals surface area contributed by atoms with E-state index in [1.165, 1.54) is 0 Å². The second-order valence-electron chi connectivity index (χ2n) is 5.07. The predicted octanol–water partition coefficient (Wildman–Crippen LogP) is 1.94. The third kappa shape index (κ3) is 5.72. The molecule has 0 aliphatic rings. The zero-order valence-electron chi connectivity index (χ0n) is 11.6. The number of aliphatic hydroxyl groups is 1. The van der Waals surface area contributed by atoms with Crippen LogP contribution in [0.4, 0.5) is 0 Å². The maximum Gasteiger partial charge on any atom is 0.240 e. The Hall–Kier alpha value is -0.910. The lowest BCUT2D eigenvalue weighted by Gasteiger charge is -2.08. The lowest BCUT2D eigenvalue weighted by atomic mass is 10.0. The first-order chi connectivity index (χ1) is 8.95. The van der Waals surface area contributed by atoms with Crippen molar-refractivity contribution < 1.29 is 13.5 Å². The highest BCUT2D eigenvalue weighted by atomic mass is 32.2. The van der Waals surface area contributed by atoms with E-state index in [2.05, 4.69) is 18.6 Å². The van der Waals surface area contributed by atoms with Crippen molar-refractivity contribution in [1.29, 1.82) is 0 Å². The summed E-state index contributed by atoms with van der Waals surface area (Å²) in [4.78, 5) is 0.295. The van der Waals surface area contributed by atoms with Crippen molar-refractivity contribution in [3.63, 3.8) is 0 Å². The van der Waals surface area contributed by atoms with Crippen LogP contribution in [0.2, 0.25) is 0 Å². The zero-order chi connectivity index (χ0) is 14.3. The number of hydrogen-bond acceptors (Lipinski definition) is 3. The van der Waals surface area contributed by atoms with Crippen molar-refractivity contribution in [2.45, 2.75) is 38.0 Å². The van der Waals surface area contributed by atoms with Crippen LogP contribution in [0.15, 0.2) is 29.2 Å². The lowest BCUT2D eigenvalue weighted by Crippen LogP contribution is -2.24. The van der Waals surface area contributed by atoms with Gasteiger partial charge in [-0.05, 0) is 42.9 Å². The van der Waals surface area contributed by atoms with Gasteiger partial charge in [0.1, 0.15) is 0 Å². The lowest BCUT2D eigenvalue weighted by molar-refractivity contribution is 0.285. The van der Waals surface area contributed by atoms with Crippen LogP contribution in [0.5, 0.6) is 0 Å². The number of nitrogens with one attached hydrogen (secondary N) is 1. The second-order valence-corrected chi connectivity index (χ2v) is 6.84. The molecule has 0 heterocycles. The first-order valence-corrected chi connectivity index (χ1v) is 8.13. The van der Waals surface area contributed by atoms with Crippen LogP contribution in [0.3, 0.4) is 0 Å². The molecule has 0 amide bonds. The largest absolute Gasteiger partial charge is 0.396 e. The molecule has 108 valence electrons. The van der Waals surface area contributed by atoms with Gasteiger partial charge < -0.3 is 5.11 Å². The maximum absolute atomic E-state index is 12.0. The number of aliphatic hydroxyl groups excluding tert-OH is 1. The minimum absolute atomic E-state index is 0.0889. The number of benzene rings is 1. The summed E-state index contributed by atoms with van der Waals surface area (Å²) in [7, 11) is -3.42. The molecule has 1 aromatic carbocycles. The average Bonchev–Trinajstić information content (AvgIpc) is 2.35. The van der Waals surface area contributed by atoms with Crippen molar-refractivity contribution in [3.05, 3.63) is 29.8 Å². The standard InChI is InChI=1S/C14H23NO3S/c1-12(2)11-13-5-7-14(8-6-13)19(17,18)15-9-3-4-10-16/h5-8,12,15-16H,3-4,9-11H2,1-2H3. The monoisotopic (exact) mass is 285 g/mol. The highest BCUT2D eigenvalue weighted by Crippen LogP contribution is 2.13. The summed E-state index contributed by atoms with van der Waals surface area (Å²) < 4.78 is 26.4. The van der Waals surface area contributed by atoms with Gasteiger partial charge >= 0.3 is 0 Å². The fourth-order valence-corrected chi connectivity index (χ4v) is 2.88. The highest BCUT2D eigenvalue weighted by molar-refractivity contribution is 7.89. The minimum Gasteiger partial charge on any atom is -0.396 e. The Balaban J connectivity index is 2.63. The molecule has 5 heteroatoms. The van der Waals surface area contributed by atoms with Crippen molar-refractivity contribution >= 4 is 10.0 Å². The molecule has 0 aliphatic carbocycles. The Morgan fingerprint density at radius 1 is 1.16 bits per heavy atom. The van der Waals surface area contributed by atoms with E-state index in [-0.39, 0.29) is 6.61 Å². The molecule has 0 spiro atoms. The molecule has 0 bridgehead atoms. The molecule has 0 atom stereocenters. The van der Waals surface area contributed by atoms with Crippen LogP contribution in [0, 0.1) is 5.92 Å². The minimum atomic E-state index is -3.42. The van der Waals surface area contributed by atoms with E-state index in [1.54, 1.807) is 12.1 Å². The molecule has 0 aliphatic heterocycles. The Morgan fingerprint density at radius 3 is 2.32 bits per heavy atom. The summed E-state index contributed by atoms with van der Waals surface area (Å²) in [5.41, 5.74) is 1.15. The summed E-state index contributed by atoms with van der Waals surface area (Å²) in [6, 6.07) is 7.02. The molecule has 2 N–H and O–H groups in total. The first-order valence-electron chi connectivity index (χ1n) is 6.65. The number of hydrogen-bond donors (Lipinski definition) is 2. The molecule has 0 unspecified atom stereocenters. The number of rotatable bonds is 8. The summed E-state index contributed by atoms with van der Waals surface area (Å²) in [6.07, 6.45) is 2.20. The van der Waals surface area contributed by atoms with Gasteiger partial charge in [0.15, 0.2) is 0 Å². The average molecular weight is 285 g/mol. The molecule has 1 rings (SSSR count). The zero-order valence-corrected chi connectivity index (χ0v) is 12.4. The van der Waals surface area contributed by atoms with Crippen LogP contribution in [-0.2, 0) is 16.4 Å². The van der Waals surface area contributed by atoms with Gasteiger partial charge in [0, 0.05) is 13.2 Å². The van der Waals surface area contributed by atoms with Crippen LogP contribution in [-0.4, -0.2) is 26.7 Å². The Bertz CT molecular complexity index is 466. The van der Waals surface area contributed by atoms with Crippen LogP contribution in [0.25, 0.3) is 0 Å². The quantitative estimate of drug-likeness (QED) is 0.717. The summed E-state index contributed by atoms with van der Waals surface area (Å²) in [5.74, 6) is 0.555. The molecule has 0 saturated carbocycles. The van der Waals surface area contributed by atoms with Crippen LogP contribution in [0.1, 0.15) is 32.3 Å². The normalized spacial score (nSPS) is 12.0. The third-order valence-electron chi connectivity index (χ3n) is 2.75. The Kier molecular flexibility index (Phi) is 6.48. The van der Waals surface area contributed by atoms with E-state index in [9.17, 15) is 8.42 Å². The van der Waals surface area contributed by atoms with E-state index < -0.39 is 10.0 Å². The van der Waals surface area contributed by atoms with Crippen molar-refractivity contribution in [1.82, 2.24) is 4.72 Å². The number of sulfonamides is 1. The topological polar surface area (TPSA) is 66.4 Å². The molecular weight excluding hydrogens is 262 g/mol. The molecule has 1 aromatic rings.